The lowest BCUT2D eigenvalue weighted by atomic mass is 10.4. The molecule has 0 fully saturated rings. The number of hydrogen-bond donors (Lipinski definition) is 1. The van der Waals surface area contributed by atoms with Crippen molar-refractivity contribution in [1.82, 2.24) is 19.1 Å². The standard InChI is InChI=1S/C7H3F3N4O2S/c8-7(9,10)5-12-6(17-13-5)14-2-3(1-11-14)4(15)16/h1-2H,(H,15,16). The van der Waals surface area contributed by atoms with Gasteiger partial charge in [0.05, 0.1) is 11.8 Å². The Balaban J connectivity index is 2.34. The van der Waals surface area contributed by atoms with Crippen LogP contribution in [0.2, 0.25) is 0 Å². The van der Waals surface area contributed by atoms with Crippen LogP contribution in [0.15, 0.2) is 12.4 Å². The number of halogens is 3. The second-order valence-corrected chi connectivity index (χ2v) is 3.61. The van der Waals surface area contributed by atoms with Gasteiger partial charge >= 0.3 is 12.1 Å². The zero-order valence-electron chi connectivity index (χ0n) is 7.84. The molecule has 90 valence electrons. The van der Waals surface area contributed by atoms with E-state index in [1.54, 1.807) is 0 Å². The van der Waals surface area contributed by atoms with Crippen LogP contribution in [0.25, 0.3) is 5.13 Å². The number of carboxylic acids is 1. The van der Waals surface area contributed by atoms with Crippen molar-refractivity contribution in [3.05, 3.63) is 23.8 Å². The smallest absolute Gasteiger partial charge is 0.452 e. The van der Waals surface area contributed by atoms with Crippen molar-refractivity contribution in [2.75, 3.05) is 0 Å². The van der Waals surface area contributed by atoms with Gasteiger partial charge in [0.15, 0.2) is 0 Å². The highest BCUT2D eigenvalue weighted by molar-refractivity contribution is 7.08. The minimum absolute atomic E-state index is 0.145. The number of aromatic nitrogens is 4. The van der Waals surface area contributed by atoms with Gasteiger partial charge in [-0.2, -0.15) is 27.6 Å². The number of rotatable bonds is 2. The second-order valence-electron chi connectivity index (χ2n) is 2.88. The monoisotopic (exact) mass is 264 g/mol. The third kappa shape index (κ3) is 2.25. The minimum Gasteiger partial charge on any atom is -0.478 e. The van der Waals surface area contributed by atoms with E-state index in [1.165, 1.54) is 0 Å². The number of hydrogen-bond acceptors (Lipinski definition) is 5. The van der Waals surface area contributed by atoms with E-state index in [0.29, 0.717) is 11.5 Å². The van der Waals surface area contributed by atoms with Crippen LogP contribution < -0.4 is 0 Å². The highest BCUT2D eigenvalue weighted by atomic mass is 32.1. The molecule has 0 aliphatic rings. The Morgan fingerprint density at radius 1 is 1.47 bits per heavy atom. The van der Waals surface area contributed by atoms with Gasteiger partial charge in [0.2, 0.25) is 11.0 Å². The molecule has 0 radical (unpaired) electrons. The molecular formula is C7H3F3N4O2S. The summed E-state index contributed by atoms with van der Waals surface area (Å²) >= 11 is 0.481. The van der Waals surface area contributed by atoms with E-state index in [4.69, 9.17) is 5.11 Å². The molecule has 0 atom stereocenters. The molecule has 0 aromatic carbocycles. The van der Waals surface area contributed by atoms with Crippen molar-refractivity contribution in [2.45, 2.75) is 6.18 Å². The molecule has 0 saturated heterocycles. The quantitative estimate of drug-likeness (QED) is 0.887. The number of carbonyl (C=O) groups is 1. The average molecular weight is 264 g/mol. The molecule has 0 bridgehead atoms. The van der Waals surface area contributed by atoms with Gasteiger partial charge in [0.1, 0.15) is 0 Å². The normalized spacial score (nSPS) is 11.7. The van der Waals surface area contributed by atoms with Gasteiger partial charge in [0, 0.05) is 17.7 Å². The first-order chi connectivity index (χ1) is 7.88. The minimum atomic E-state index is -4.63. The summed E-state index contributed by atoms with van der Waals surface area (Å²) in [7, 11) is 0. The largest absolute Gasteiger partial charge is 0.478 e. The first-order valence-corrected chi connectivity index (χ1v) is 4.84. The predicted octanol–water partition coefficient (Wildman–Crippen LogP) is 1.44. The maximum Gasteiger partial charge on any atom is 0.452 e. The van der Waals surface area contributed by atoms with Gasteiger partial charge in [-0.05, 0) is 0 Å². The van der Waals surface area contributed by atoms with Crippen molar-refractivity contribution in [3.8, 4) is 5.13 Å². The molecular weight excluding hydrogens is 261 g/mol. The van der Waals surface area contributed by atoms with Gasteiger partial charge in [-0.1, -0.05) is 0 Å². The van der Waals surface area contributed by atoms with E-state index in [0.717, 1.165) is 17.1 Å². The summed E-state index contributed by atoms with van der Waals surface area (Å²) in [6, 6.07) is 0. The summed E-state index contributed by atoms with van der Waals surface area (Å²) in [4.78, 5) is 13.8. The predicted molar refractivity (Wildman–Crippen MR) is 49.0 cm³/mol. The van der Waals surface area contributed by atoms with Crippen molar-refractivity contribution in [3.63, 3.8) is 0 Å². The molecule has 10 heteroatoms. The molecule has 2 rings (SSSR count). The fourth-order valence-corrected chi connectivity index (χ4v) is 1.58. The zero-order valence-corrected chi connectivity index (χ0v) is 8.66. The number of alkyl halides is 3. The van der Waals surface area contributed by atoms with Gasteiger partial charge in [-0.3, -0.25) is 0 Å². The Morgan fingerprint density at radius 2 is 2.18 bits per heavy atom. The fourth-order valence-electron chi connectivity index (χ4n) is 0.962. The van der Waals surface area contributed by atoms with Gasteiger partial charge in [0.25, 0.3) is 0 Å². The van der Waals surface area contributed by atoms with Crippen LogP contribution in [0, 0.1) is 0 Å². The molecule has 2 heterocycles. The zero-order chi connectivity index (χ0) is 12.6. The van der Waals surface area contributed by atoms with Crippen molar-refractivity contribution in [2.24, 2.45) is 0 Å². The molecule has 0 aliphatic carbocycles. The first-order valence-electron chi connectivity index (χ1n) is 4.07. The Kier molecular flexibility index (Phi) is 2.58. The summed E-state index contributed by atoms with van der Waals surface area (Å²) in [6.07, 6.45) is -2.56. The van der Waals surface area contributed by atoms with E-state index < -0.39 is 18.0 Å². The summed E-state index contributed by atoms with van der Waals surface area (Å²) in [5.41, 5.74) is -0.145. The average Bonchev–Trinajstić information content (AvgIpc) is 2.85. The van der Waals surface area contributed by atoms with Crippen molar-refractivity contribution < 1.29 is 23.1 Å². The molecule has 0 amide bonds. The van der Waals surface area contributed by atoms with Gasteiger partial charge < -0.3 is 5.11 Å². The van der Waals surface area contributed by atoms with E-state index in [-0.39, 0.29) is 10.7 Å². The molecule has 17 heavy (non-hydrogen) atoms. The maximum absolute atomic E-state index is 12.2. The summed E-state index contributed by atoms with van der Waals surface area (Å²) in [5.74, 6) is -2.50. The third-order valence-electron chi connectivity index (χ3n) is 1.69. The lowest BCUT2D eigenvalue weighted by molar-refractivity contribution is -0.144. The SMILES string of the molecule is O=C(O)c1cnn(-c2nc(C(F)(F)F)ns2)c1. The number of nitrogens with zero attached hydrogens (tertiary/aromatic N) is 4. The van der Waals surface area contributed by atoms with Crippen molar-refractivity contribution in [1.29, 1.82) is 0 Å². The van der Waals surface area contributed by atoms with Crippen LogP contribution in [-0.2, 0) is 6.18 Å². The van der Waals surface area contributed by atoms with E-state index in [2.05, 4.69) is 14.5 Å². The van der Waals surface area contributed by atoms with Crippen LogP contribution in [0.1, 0.15) is 16.2 Å². The molecule has 0 unspecified atom stereocenters. The second kappa shape index (κ2) is 3.80. The molecule has 2 aromatic heterocycles. The molecule has 0 spiro atoms. The van der Waals surface area contributed by atoms with E-state index >= 15 is 0 Å². The fraction of sp³-hybridized carbons (Fsp3) is 0.143. The van der Waals surface area contributed by atoms with Crippen LogP contribution in [-0.4, -0.2) is 30.2 Å². The van der Waals surface area contributed by atoms with Crippen LogP contribution in [0.3, 0.4) is 0 Å². The number of aromatic carboxylic acids is 1. The lowest BCUT2D eigenvalue weighted by Gasteiger charge is -1.97. The van der Waals surface area contributed by atoms with Gasteiger partial charge in [-0.25, -0.2) is 9.48 Å². The van der Waals surface area contributed by atoms with Crippen LogP contribution >= 0.6 is 11.5 Å². The first kappa shape index (κ1) is 11.5. The molecule has 0 saturated carbocycles. The Labute approximate surface area is 95.5 Å². The third-order valence-corrected chi connectivity index (χ3v) is 2.40. The Hall–Kier alpha value is -1.97. The maximum atomic E-state index is 12.2. The molecule has 6 nitrogen and oxygen atoms in total. The van der Waals surface area contributed by atoms with Gasteiger partial charge in [-0.15, -0.1) is 0 Å². The lowest BCUT2D eigenvalue weighted by Crippen LogP contribution is -2.07. The summed E-state index contributed by atoms with van der Waals surface area (Å²) in [5, 5.41) is 12.0. The van der Waals surface area contributed by atoms with Crippen molar-refractivity contribution >= 4 is 17.5 Å². The molecule has 0 aliphatic heterocycles. The highest BCUT2D eigenvalue weighted by Gasteiger charge is 2.36. The number of carboxylic acid groups (broad SMARTS) is 1. The van der Waals surface area contributed by atoms with E-state index in [1.807, 2.05) is 0 Å². The molecule has 1 N–H and O–H groups in total. The molecule has 2 aromatic rings. The summed E-state index contributed by atoms with van der Waals surface area (Å²) < 4.78 is 40.7. The Morgan fingerprint density at radius 3 is 2.65 bits per heavy atom. The topological polar surface area (TPSA) is 80.9 Å². The van der Waals surface area contributed by atoms with Crippen LogP contribution in [0.5, 0.6) is 0 Å². The van der Waals surface area contributed by atoms with E-state index in [9.17, 15) is 18.0 Å². The Bertz CT molecular complexity index is 561. The summed E-state index contributed by atoms with van der Waals surface area (Å²) in [6.45, 7) is 0. The van der Waals surface area contributed by atoms with Crippen LogP contribution in [0.4, 0.5) is 13.2 Å². The highest BCUT2D eigenvalue weighted by Crippen LogP contribution is 2.28.